The molecule has 3 nitrogen and oxygen atoms in total. The van der Waals surface area contributed by atoms with Crippen molar-refractivity contribution in [1.82, 2.24) is 10.2 Å². The van der Waals surface area contributed by atoms with Crippen LogP contribution in [0.3, 0.4) is 0 Å². The second-order valence-corrected chi connectivity index (χ2v) is 5.35. The Morgan fingerprint density at radius 3 is 2.82 bits per heavy atom. The molecule has 0 bridgehead atoms. The van der Waals surface area contributed by atoms with Gasteiger partial charge in [-0.25, -0.2) is 0 Å². The maximum Gasteiger partial charge on any atom is 0.251 e. The highest BCUT2D eigenvalue weighted by Crippen LogP contribution is 2.19. The molecule has 0 atom stereocenters. The molecule has 0 aromatic heterocycles. The molecule has 0 fully saturated rings. The van der Waals surface area contributed by atoms with Crippen LogP contribution in [0.2, 0.25) is 5.02 Å². The third-order valence-corrected chi connectivity index (χ3v) is 4.07. The molecule has 1 N–H and O–H groups in total. The molecule has 0 unspecified atom stereocenters. The molecule has 0 aliphatic rings. The van der Waals surface area contributed by atoms with Gasteiger partial charge in [0.15, 0.2) is 0 Å². The smallest absolute Gasteiger partial charge is 0.251 e. The van der Waals surface area contributed by atoms with Crippen LogP contribution in [0.15, 0.2) is 18.2 Å². The minimum Gasteiger partial charge on any atom is -0.351 e. The lowest BCUT2D eigenvalue weighted by molar-refractivity contribution is 0.0950. The van der Waals surface area contributed by atoms with Crippen LogP contribution in [0.1, 0.15) is 17.3 Å². The van der Waals surface area contributed by atoms with Crippen LogP contribution >= 0.6 is 34.2 Å². The normalized spacial score (nSPS) is 10.6. The molecule has 0 aliphatic carbocycles. The van der Waals surface area contributed by atoms with Crippen molar-refractivity contribution in [3.63, 3.8) is 0 Å². The molecule has 5 heteroatoms. The first-order valence-corrected chi connectivity index (χ1v) is 6.92. The summed E-state index contributed by atoms with van der Waals surface area (Å²) in [5.41, 5.74) is 0.606. The van der Waals surface area contributed by atoms with E-state index in [1.807, 2.05) is 13.1 Å². The number of carbonyl (C=O) groups excluding carboxylic acids is 1. The quantitative estimate of drug-likeness (QED) is 0.813. The zero-order valence-electron chi connectivity index (χ0n) is 9.96. The molecule has 0 radical (unpaired) electrons. The van der Waals surface area contributed by atoms with Crippen LogP contribution in [-0.2, 0) is 0 Å². The Morgan fingerprint density at radius 2 is 2.24 bits per heavy atom. The number of carbonyl (C=O) groups is 1. The van der Waals surface area contributed by atoms with Crippen molar-refractivity contribution in [3.05, 3.63) is 32.4 Å². The highest BCUT2D eigenvalue weighted by atomic mass is 127. The molecule has 17 heavy (non-hydrogen) atoms. The summed E-state index contributed by atoms with van der Waals surface area (Å²) >= 11 is 8.11. The Labute approximate surface area is 121 Å². The monoisotopic (exact) mass is 366 g/mol. The Kier molecular flexibility index (Phi) is 6.22. The Morgan fingerprint density at radius 1 is 1.53 bits per heavy atom. The summed E-state index contributed by atoms with van der Waals surface area (Å²) in [5, 5.41) is 3.48. The van der Waals surface area contributed by atoms with Gasteiger partial charge in [0.05, 0.1) is 5.02 Å². The van der Waals surface area contributed by atoms with Gasteiger partial charge in [-0.3, -0.25) is 4.79 Å². The molecule has 1 aromatic rings. The number of likely N-dealkylation sites (N-methyl/N-ethyl adjacent to an activating group) is 1. The average molecular weight is 367 g/mol. The summed E-state index contributed by atoms with van der Waals surface area (Å²) in [5.74, 6) is -0.0761. The first-order chi connectivity index (χ1) is 8.04. The van der Waals surface area contributed by atoms with Crippen molar-refractivity contribution in [2.45, 2.75) is 6.92 Å². The zero-order chi connectivity index (χ0) is 12.8. The van der Waals surface area contributed by atoms with Gasteiger partial charge in [-0.05, 0) is 54.4 Å². The fourth-order valence-electron chi connectivity index (χ4n) is 1.26. The van der Waals surface area contributed by atoms with E-state index in [1.165, 1.54) is 0 Å². The lowest BCUT2D eigenvalue weighted by atomic mass is 10.2. The van der Waals surface area contributed by atoms with Crippen molar-refractivity contribution < 1.29 is 4.79 Å². The van der Waals surface area contributed by atoms with Crippen molar-refractivity contribution in [2.24, 2.45) is 0 Å². The number of nitrogens with one attached hydrogen (secondary N) is 1. The van der Waals surface area contributed by atoms with Gasteiger partial charge in [-0.2, -0.15) is 0 Å². The van der Waals surface area contributed by atoms with Gasteiger partial charge < -0.3 is 10.2 Å². The third-order valence-electron chi connectivity index (χ3n) is 2.50. The van der Waals surface area contributed by atoms with Gasteiger partial charge in [0.25, 0.3) is 5.91 Å². The number of hydrogen-bond acceptors (Lipinski definition) is 2. The standard InChI is InChI=1S/C12H16ClIN2O/c1-3-16(2)7-6-15-12(17)9-4-5-11(14)10(13)8-9/h4-5,8H,3,6-7H2,1-2H3,(H,15,17). The lowest BCUT2D eigenvalue weighted by Gasteiger charge is -2.14. The fraction of sp³-hybridized carbons (Fsp3) is 0.417. The summed E-state index contributed by atoms with van der Waals surface area (Å²) in [7, 11) is 2.02. The third kappa shape index (κ3) is 4.81. The van der Waals surface area contributed by atoms with E-state index >= 15 is 0 Å². The Bertz CT molecular complexity index is 398. The van der Waals surface area contributed by atoms with Crippen LogP contribution in [0.4, 0.5) is 0 Å². The van der Waals surface area contributed by atoms with E-state index in [1.54, 1.807) is 12.1 Å². The van der Waals surface area contributed by atoms with Crippen LogP contribution in [-0.4, -0.2) is 37.5 Å². The van der Waals surface area contributed by atoms with Crippen molar-refractivity contribution in [1.29, 1.82) is 0 Å². The Balaban J connectivity index is 2.50. The molecule has 0 aliphatic heterocycles. The SMILES string of the molecule is CCN(C)CCNC(=O)c1ccc(I)c(Cl)c1. The van der Waals surface area contributed by atoms with E-state index in [4.69, 9.17) is 11.6 Å². The minimum absolute atomic E-state index is 0.0761. The molecule has 0 saturated carbocycles. The predicted molar refractivity (Wildman–Crippen MR) is 79.7 cm³/mol. The first kappa shape index (κ1) is 14.7. The van der Waals surface area contributed by atoms with E-state index in [0.717, 1.165) is 16.7 Å². The minimum atomic E-state index is -0.0761. The number of halogens is 2. The van der Waals surface area contributed by atoms with Crippen molar-refractivity contribution in [2.75, 3.05) is 26.7 Å². The molecule has 94 valence electrons. The first-order valence-electron chi connectivity index (χ1n) is 5.46. The van der Waals surface area contributed by atoms with Crippen molar-refractivity contribution >= 4 is 40.1 Å². The number of rotatable bonds is 5. The molecule has 0 spiro atoms. The predicted octanol–water partition coefficient (Wildman–Crippen LogP) is 2.63. The van der Waals surface area contributed by atoms with E-state index in [9.17, 15) is 4.79 Å². The summed E-state index contributed by atoms with van der Waals surface area (Å²) in [4.78, 5) is 13.9. The maximum absolute atomic E-state index is 11.8. The number of hydrogen-bond donors (Lipinski definition) is 1. The molecular formula is C12H16ClIN2O. The van der Waals surface area contributed by atoms with Gasteiger partial charge in [-0.15, -0.1) is 0 Å². The molecular weight excluding hydrogens is 351 g/mol. The maximum atomic E-state index is 11.8. The second-order valence-electron chi connectivity index (χ2n) is 3.78. The van der Waals surface area contributed by atoms with E-state index < -0.39 is 0 Å². The summed E-state index contributed by atoms with van der Waals surface area (Å²) in [6.45, 7) is 4.55. The van der Waals surface area contributed by atoms with Crippen LogP contribution < -0.4 is 5.32 Å². The summed E-state index contributed by atoms with van der Waals surface area (Å²) < 4.78 is 0.950. The highest BCUT2D eigenvalue weighted by molar-refractivity contribution is 14.1. The van der Waals surface area contributed by atoms with E-state index in [2.05, 4.69) is 39.7 Å². The van der Waals surface area contributed by atoms with Gasteiger partial charge in [0.2, 0.25) is 0 Å². The molecule has 1 rings (SSSR count). The second kappa shape index (κ2) is 7.18. The zero-order valence-corrected chi connectivity index (χ0v) is 12.9. The lowest BCUT2D eigenvalue weighted by Crippen LogP contribution is -2.32. The van der Waals surface area contributed by atoms with Gasteiger partial charge in [0.1, 0.15) is 0 Å². The number of benzene rings is 1. The van der Waals surface area contributed by atoms with Crippen LogP contribution in [0.25, 0.3) is 0 Å². The van der Waals surface area contributed by atoms with Gasteiger partial charge >= 0.3 is 0 Å². The number of amides is 1. The van der Waals surface area contributed by atoms with Gasteiger partial charge in [0, 0.05) is 22.2 Å². The largest absolute Gasteiger partial charge is 0.351 e. The molecule has 0 saturated heterocycles. The topological polar surface area (TPSA) is 32.3 Å². The number of nitrogens with zero attached hydrogens (tertiary/aromatic N) is 1. The summed E-state index contributed by atoms with van der Waals surface area (Å²) in [6, 6.07) is 5.32. The average Bonchev–Trinajstić information content (AvgIpc) is 2.32. The molecule has 1 aromatic carbocycles. The highest BCUT2D eigenvalue weighted by Gasteiger charge is 2.07. The van der Waals surface area contributed by atoms with E-state index in [0.29, 0.717) is 17.1 Å². The van der Waals surface area contributed by atoms with Crippen LogP contribution in [0, 0.1) is 3.57 Å². The van der Waals surface area contributed by atoms with Crippen LogP contribution in [0.5, 0.6) is 0 Å². The van der Waals surface area contributed by atoms with Gasteiger partial charge in [-0.1, -0.05) is 18.5 Å². The molecule has 1 amide bonds. The Hall–Kier alpha value is -0.330. The van der Waals surface area contributed by atoms with E-state index in [-0.39, 0.29) is 5.91 Å². The summed E-state index contributed by atoms with van der Waals surface area (Å²) in [6.07, 6.45) is 0. The van der Waals surface area contributed by atoms with Crippen molar-refractivity contribution in [3.8, 4) is 0 Å². The fourth-order valence-corrected chi connectivity index (χ4v) is 1.77. The molecule has 0 heterocycles.